The lowest BCUT2D eigenvalue weighted by molar-refractivity contribution is 0.0830. The number of hydrogen-bond acceptors (Lipinski definition) is 12. The van der Waals surface area contributed by atoms with E-state index in [0.717, 1.165) is 66.7 Å². The summed E-state index contributed by atoms with van der Waals surface area (Å²) >= 11 is 18.1. The summed E-state index contributed by atoms with van der Waals surface area (Å²) in [7, 11) is 0. The Balaban J connectivity index is 1.05. The van der Waals surface area contributed by atoms with Crippen molar-refractivity contribution in [2.24, 2.45) is 34.5 Å². The highest BCUT2D eigenvalue weighted by atomic mass is 32.2. The second-order valence-corrected chi connectivity index (χ2v) is 27.9. The molecule has 0 spiro atoms. The van der Waals surface area contributed by atoms with Crippen LogP contribution in [0.25, 0.3) is 0 Å². The number of fused-ring (bicyclic) bond motifs is 8. The summed E-state index contributed by atoms with van der Waals surface area (Å²) in [4.78, 5) is 11.9. The Hall–Kier alpha value is 2.64. The molecule has 49 heavy (non-hydrogen) atoms. The van der Waals surface area contributed by atoms with Crippen LogP contribution in [0.2, 0.25) is 0 Å². The molecule has 8 saturated heterocycles. The van der Waals surface area contributed by atoms with E-state index >= 15 is 0 Å². The fraction of sp³-hybridized carbons (Fsp3) is 1.00. The Morgan fingerprint density at radius 3 is 1.08 bits per heavy atom. The van der Waals surface area contributed by atoms with E-state index in [2.05, 4.69) is 155 Å². The van der Waals surface area contributed by atoms with Crippen LogP contribution in [0.1, 0.15) is 73.6 Å². The first-order chi connectivity index (χ1) is 23.5. The zero-order chi connectivity index (χ0) is 33.9. The van der Waals surface area contributed by atoms with Crippen LogP contribution in [-0.2, 0) is 0 Å². The van der Waals surface area contributed by atoms with Gasteiger partial charge in [0.05, 0.1) is 43.0 Å². The minimum absolute atomic E-state index is 0.386. The summed E-state index contributed by atoms with van der Waals surface area (Å²) in [6, 6.07) is 0. The van der Waals surface area contributed by atoms with Gasteiger partial charge in [0.25, 0.3) is 0 Å². The largest absolute Gasteiger partial charge is 0.278 e. The molecule has 12 heteroatoms. The highest BCUT2D eigenvalue weighted by Gasteiger charge is 2.48. The average molecular weight is 821 g/mol. The first-order valence-corrected chi connectivity index (χ1v) is 27.9. The second kappa shape index (κ2) is 16.2. The van der Waals surface area contributed by atoms with Gasteiger partial charge in [-0.1, -0.05) is 48.0 Å². The second-order valence-electron chi connectivity index (χ2n) is 18.2. The smallest absolute Gasteiger partial charge is 0.0659 e. The van der Waals surface area contributed by atoms with E-state index in [1.54, 1.807) is 0 Å². The Morgan fingerprint density at radius 2 is 0.755 bits per heavy atom. The van der Waals surface area contributed by atoms with Gasteiger partial charge in [-0.05, 0) is 60.2 Å². The van der Waals surface area contributed by atoms with Crippen LogP contribution >= 0.6 is 94.1 Å². The van der Waals surface area contributed by atoms with Gasteiger partial charge in [-0.25, -0.2) is 0 Å². The van der Waals surface area contributed by atoms with Crippen molar-refractivity contribution in [1.29, 1.82) is 0 Å². The van der Waals surface area contributed by atoms with Crippen molar-refractivity contribution >= 4 is 94.1 Å². The Bertz CT molecular complexity index is 1050. The first-order valence-electron chi connectivity index (χ1n) is 19.5. The lowest BCUT2D eigenvalue weighted by Crippen LogP contribution is -2.43. The fourth-order valence-electron chi connectivity index (χ4n) is 10.1. The minimum atomic E-state index is 0.386. The van der Waals surface area contributed by atoms with Crippen molar-refractivity contribution in [2.45, 2.75) is 117 Å². The van der Waals surface area contributed by atoms with E-state index in [4.69, 9.17) is 0 Å². The number of thioether (sulfide) groups is 8. The van der Waals surface area contributed by atoms with Crippen molar-refractivity contribution in [1.82, 2.24) is 19.6 Å². The maximum Gasteiger partial charge on any atom is 0.0659 e. The fourth-order valence-corrected chi connectivity index (χ4v) is 23.4. The molecule has 8 bridgehead atoms. The molecule has 12 atom stereocenters. The zero-order valence-electron chi connectivity index (χ0n) is 31.0. The Morgan fingerprint density at radius 1 is 0.449 bits per heavy atom. The molecule has 0 aromatic heterocycles. The third-order valence-corrected chi connectivity index (χ3v) is 25.4. The Labute approximate surface area is 334 Å². The number of nitrogens with zero attached hydrogens (tertiary/aromatic N) is 4. The highest BCUT2D eigenvalue weighted by Crippen LogP contribution is 2.51. The van der Waals surface area contributed by atoms with Crippen LogP contribution < -0.4 is 0 Å². The third-order valence-electron chi connectivity index (χ3n) is 13.1. The summed E-state index contributed by atoms with van der Waals surface area (Å²) in [6.45, 7) is 20.7. The van der Waals surface area contributed by atoms with Crippen molar-refractivity contribution in [3.8, 4) is 0 Å². The molecule has 0 saturated carbocycles. The predicted octanol–water partition coefficient (Wildman–Crippen LogP) is 9.29. The molecule has 0 radical (unpaired) electrons. The standard InChI is InChI=1S/C37H64N4S8/c1-7-37(5,6)27(15-41-34-22-48-35(41)23-49-34)10-25(13-39-30-18-44-31(39)19-45-30)8-24(12-38-28-16-42-29(38)17-43-28)9-26(11-36(2,3)4)14-40-32-20-46-33(40)21-47-32/h24-35H,7-23H2,1-6H3. The number of hydrogen-bond donors (Lipinski definition) is 0. The maximum absolute atomic E-state index is 3.01. The Kier molecular flexibility index (Phi) is 12.8. The summed E-state index contributed by atoms with van der Waals surface area (Å²) in [5.74, 6) is 14.0. The number of rotatable bonds is 17. The minimum Gasteiger partial charge on any atom is -0.278 e. The van der Waals surface area contributed by atoms with Gasteiger partial charge >= 0.3 is 0 Å². The van der Waals surface area contributed by atoms with Gasteiger partial charge < -0.3 is 0 Å². The third kappa shape index (κ3) is 8.81. The lowest BCUT2D eigenvalue weighted by Gasteiger charge is -2.41. The highest BCUT2D eigenvalue weighted by molar-refractivity contribution is 8.09. The van der Waals surface area contributed by atoms with Crippen LogP contribution in [0.15, 0.2) is 0 Å². The molecule has 12 unspecified atom stereocenters. The van der Waals surface area contributed by atoms with E-state index in [0.29, 0.717) is 10.8 Å². The topological polar surface area (TPSA) is 13.0 Å². The molecule has 0 aromatic carbocycles. The van der Waals surface area contributed by atoms with E-state index in [9.17, 15) is 0 Å². The summed E-state index contributed by atoms with van der Waals surface area (Å²) in [6.07, 6.45) is 6.98. The van der Waals surface area contributed by atoms with Gasteiger partial charge in [-0.15, -0.1) is 94.1 Å². The van der Waals surface area contributed by atoms with Crippen molar-refractivity contribution in [2.75, 3.05) is 72.2 Å². The van der Waals surface area contributed by atoms with Crippen molar-refractivity contribution in [3.05, 3.63) is 0 Å². The molecule has 0 aromatic rings. The van der Waals surface area contributed by atoms with Crippen LogP contribution in [0.3, 0.4) is 0 Å². The quantitative estimate of drug-likeness (QED) is 0.139. The maximum atomic E-state index is 3.01. The van der Waals surface area contributed by atoms with Gasteiger partial charge in [0.2, 0.25) is 0 Å². The van der Waals surface area contributed by atoms with Gasteiger partial charge in [-0.3, -0.25) is 19.6 Å². The predicted molar refractivity (Wildman–Crippen MR) is 233 cm³/mol. The molecule has 280 valence electrons. The molecule has 0 N–H and O–H groups in total. The van der Waals surface area contributed by atoms with E-state index in [1.165, 1.54) is 104 Å². The molecule has 8 rings (SSSR count). The monoisotopic (exact) mass is 820 g/mol. The summed E-state index contributed by atoms with van der Waals surface area (Å²) in [5.41, 5.74) is 0.773. The van der Waals surface area contributed by atoms with E-state index in [-0.39, 0.29) is 0 Å². The van der Waals surface area contributed by atoms with E-state index in [1.807, 2.05) is 0 Å². The molecular weight excluding hydrogens is 757 g/mol. The van der Waals surface area contributed by atoms with Crippen LogP contribution in [0.4, 0.5) is 0 Å². The lowest BCUT2D eigenvalue weighted by atomic mass is 9.70. The first kappa shape index (κ1) is 38.5. The summed E-state index contributed by atoms with van der Waals surface area (Å²) in [5, 5.41) is 6.19. The van der Waals surface area contributed by atoms with E-state index < -0.39 is 0 Å². The van der Waals surface area contributed by atoms with Gasteiger partial charge in [0, 0.05) is 72.2 Å². The van der Waals surface area contributed by atoms with Crippen LogP contribution in [-0.4, -0.2) is 135 Å². The molecule has 8 heterocycles. The van der Waals surface area contributed by atoms with Crippen LogP contribution in [0.5, 0.6) is 0 Å². The van der Waals surface area contributed by atoms with Gasteiger partial charge in [0.15, 0.2) is 0 Å². The molecule has 0 amide bonds. The zero-order valence-corrected chi connectivity index (χ0v) is 37.5. The van der Waals surface area contributed by atoms with Crippen molar-refractivity contribution in [3.63, 3.8) is 0 Å². The molecule has 4 nitrogen and oxygen atoms in total. The van der Waals surface area contributed by atoms with Crippen molar-refractivity contribution < 1.29 is 0 Å². The molecule has 0 aliphatic carbocycles. The molecule has 8 fully saturated rings. The van der Waals surface area contributed by atoms with Gasteiger partial charge in [0.1, 0.15) is 0 Å². The average Bonchev–Trinajstić information content (AvgIpc) is 3.97. The van der Waals surface area contributed by atoms with Crippen LogP contribution in [0, 0.1) is 34.5 Å². The SMILES string of the molecule is CCC(C)(C)C(CC(CC(CC(CN1C2CSC1CS2)CC(C)(C)C)CN1C2CSC1CS2)CN1C2CSC1CS2)CN1C2CSC1CS2. The molecule has 8 aliphatic rings. The normalized spacial score (nSPS) is 38.8. The summed E-state index contributed by atoms with van der Waals surface area (Å²) < 4.78 is 0. The molecule has 8 aliphatic heterocycles. The van der Waals surface area contributed by atoms with Gasteiger partial charge in [-0.2, -0.15) is 0 Å². The molecular formula is C37H64N4S8.